The van der Waals surface area contributed by atoms with Crippen LogP contribution in [-0.4, -0.2) is 46.5 Å². The Bertz CT molecular complexity index is 1870. The topological polar surface area (TPSA) is 52.8 Å². The molecular formula is C43H49N2O3+. The monoisotopic (exact) mass is 641 g/mol. The van der Waals surface area contributed by atoms with Gasteiger partial charge in [-0.2, -0.15) is 4.58 Å². The third-order valence-corrected chi connectivity index (χ3v) is 10.4. The zero-order valence-electron chi connectivity index (χ0n) is 29.5. The van der Waals surface area contributed by atoms with Gasteiger partial charge in [0.2, 0.25) is 17.2 Å². The van der Waals surface area contributed by atoms with Gasteiger partial charge in [0.25, 0.3) is 0 Å². The van der Waals surface area contributed by atoms with E-state index in [9.17, 15) is 9.90 Å². The fourth-order valence-corrected chi connectivity index (χ4v) is 7.64. The van der Waals surface area contributed by atoms with Gasteiger partial charge >= 0.3 is 0 Å². The molecule has 6 rings (SSSR count). The molecule has 1 saturated carbocycles. The lowest BCUT2D eigenvalue weighted by Crippen LogP contribution is -2.41. The summed E-state index contributed by atoms with van der Waals surface area (Å²) in [4.78, 5) is 16.0. The average molecular weight is 642 g/mol. The Morgan fingerprint density at radius 3 is 2.10 bits per heavy atom. The molecule has 0 saturated heterocycles. The molecule has 0 spiro atoms. The van der Waals surface area contributed by atoms with Crippen LogP contribution in [0.3, 0.4) is 0 Å². The van der Waals surface area contributed by atoms with Crippen molar-refractivity contribution < 1.29 is 19.2 Å². The number of aliphatic hydroxyl groups excluding tert-OH is 1. The van der Waals surface area contributed by atoms with Crippen LogP contribution in [0.25, 0.3) is 5.57 Å². The van der Waals surface area contributed by atoms with Gasteiger partial charge in [0.1, 0.15) is 11.9 Å². The molecule has 5 nitrogen and oxygen atoms in total. The van der Waals surface area contributed by atoms with Crippen molar-refractivity contribution >= 4 is 34.1 Å². The van der Waals surface area contributed by atoms with Crippen LogP contribution in [0.15, 0.2) is 102 Å². The lowest BCUT2D eigenvalue weighted by molar-refractivity contribution is -0.502. The van der Waals surface area contributed by atoms with Gasteiger partial charge in [-0.15, -0.1) is 0 Å². The highest BCUT2D eigenvalue weighted by molar-refractivity contribution is 6.39. The number of aryl methyl sites for hydroxylation is 4. The summed E-state index contributed by atoms with van der Waals surface area (Å²) in [7, 11) is 1.82. The number of hydrogen-bond acceptors (Lipinski definition) is 4. The predicted octanol–water partition coefficient (Wildman–Crippen LogP) is 9.87. The fraction of sp³-hybridized carbons (Fsp3) is 0.349. The molecule has 1 fully saturated rings. The Balaban J connectivity index is 1.32. The summed E-state index contributed by atoms with van der Waals surface area (Å²) >= 11 is 0. The molecule has 3 aromatic rings. The van der Waals surface area contributed by atoms with Crippen LogP contribution in [-0.2, 0) is 9.53 Å². The van der Waals surface area contributed by atoms with Crippen molar-refractivity contribution in [1.29, 1.82) is 0 Å². The molecule has 3 unspecified atom stereocenters. The quantitative estimate of drug-likeness (QED) is 0.197. The Hall–Kier alpha value is -4.48. The highest BCUT2D eigenvalue weighted by Crippen LogP contribution is 2.41. The molecule has 1 N–H and O–H groups in total. The number of allylic oxidation sites excluding steroid dienone is 7. The molecule has 0 aromatic heterocycles. The third kappa shape index (κ3) is 6.24. The molecule has 0 bridgehead atoms. The summed E-state index contributed by atoms with van der Waals surface area (Å²) in [5.74, 6) is -0.0641. The maximum Gasteiger partial charge on any atom is 0.208 e. The lowest BCUT2D eigenvalue weighted by Gasteiger charge is -2.33. The summed E-state index contributed by atoms with van der Waals surface area (Å²) in [6, 6.07) is 21.7. The van der Waals surface area contributed by atoms with Gasteiger partial charge in [0, 0.05) is 54.7 Å². The first-order valence-electron chi connectivity index (χ1n) is 17.4. The largest absolute Gasteiger partial charge is 0.506 e. The molecule has 3 aliphatic rings. The second-order valence-electron chi connectivity index (χ2n) is 13.7. The molecule has 0 amide bonds. The molecule has 248 valence electrons. The van der Waals surface area contributed by atoms with E-state index in [2.05, 4.69) is 112 Å². The van der Waals surface area contributed by atoms with E-state index in [-0.39, 0.29) is 23.7 Å². The highest BCUT2D eigenvalue weighted by Gasteiger charge is 2.39. The number of benzene rings is 3. The Morgan fingerprint density at radius 1 is 0.854 bits per heavy atom. The smallest absolute Gasteiger partial charge is 0.208 e. The third-order valence-electron chi connectivity index (χ3n) is 10.4. The molecule has 5 heteroatoms. The van der Waals surface area contributed by atoms with Crippen LogP contribution in [0.4, 0.5) is 17.1 Å². The van der Waals surface area contributed by atoms with E-state index in [0.717, 1.165) is 41.8 Å². The van der Waals surface area contributed by atoms with Crippen molar-refractivity contribution in [3.05, 3.63) is 130 Å². The normalized spacial score (nSPS) is 19.9. The second-order valence-corrected chi connectivity index (χ2v) is 13.7. The first kappa shape index (κ1) is 33.4. The molecule has 3 aliphatic carbocycles. The van der Waals surface area contributed by atoms with Gasteiger partial charge in [-0.05, 0) is 107 Å². The number of nitrogens with zero attached hydrogens (tertiary/aromatic N) is 2. The second kappa shape index (κ2) is 13.9. The van der Waals surface area contributed by atoms with Gasteiger partial charge in [-0.3, -0.25) is 4.79 Å². The first-order chi connectivity index (χ1) is 23.1. The van der Waals surface area contributed by atoms with Crippen LogP contribution < -0.4 is 4.90 Å². The molecule has 0 aliphatic heterocycles. The number of carbonyl (C=O) groups is 1. The standard InChI is InChI=1S/C43H48N2O3/c1-8-31(6)44(36-23-13-27(2)25-29(36)4)34-19-15-32(16-20-34)40-42(46)41(43(40)47)33-17-21-35(22-18-33)45(37-24-14-28(3)26-30(37)5)38-11-9-10-12-39(38)48-7/h13-26,31,38-39H,8-12H2,1-7H3/p+1. The van der Waals surface area contributed by atoms with E-state index >= 15 is 0 Å². The maximum absolute atomic E-state index is 13.6. The van der Waals surface area contributed by atoms with Crippen LogP contribution in [0.2, 0.25) is 0 Å². The van der Waals surface area contributed by atoms with Gasteiger partial charge in [0.05, 0.1) is 11.1 Å². The highest BCUT2D eigenvalue weighted by atomic mass is 16.5. The number of aliphatic hydroxyl groups is 1. The molecule has 48 heavy (non-hydrogen) atoms. The summed E-state index contributed by atoms with van der Waals surface area (Å²) in [6.07, 6.45) is 13.6. The number of Topliss-reactive ketones (excluding diaryl/α,β-unsaturated/α-hetero) is 1. The summed E-state index contributed by atoms with van der Waals surface area (Å²) < 4.78 is 8.42. The zero-order chi connectivity index (χ0) is 34.1. The molecule has 0 radical (unpaired) electrons. The van der Waals surface area contributed by atoms with Crippen LogP contribution in [0.1, 0.15) is 73.8 Å². The molecule has 3 aromatic carbocycles. The maximum atomic E-state index is 13.6. The van der Waals surface area contributed by atoms with Gasteiger partial charge < -0.3 is 14.7 Å². The molecule has 3 atom stereocenters. The molecular weight excluding hydrogens is 592 g/mol. The van der Waals surface area contributed by atoms with Crippen molar-refractivity contribution in [1.82, 2.24) is 0 Å². The number of carbonyl (C=O) groups excluding carboxylic acids is 1. The van der Waals surface area contributed by atoms with E-state index in [1.165, 1.54) is 46.5 Å². The number of methoxy groups -OCH3 is 1. The number of anilines is 2. The van der Waals surface area contributed by atoms with Crippen LogP contribution in [0, 0.1) is 27.7 Å². The lowest BCUT2D eigenvalue weighted by atomic mass is 9.80. The minimum absolute atomic E-state index is 0.0617. The van der Waals surface area contributed by atoms with E-state index < -0.39 is 0 Å². The van der Waals surface area contributed by atoms with Gasteiger partial charge in [-0.1, -0.05) is 54.8 Å². The Morgan fingerprint density at radius 2 is 1.50 bits per heavy atom. The summed E-state index contributed by atoms with van der Waals surface area (Å²) in [5, 5.41) is 11.3. The average Bonchev–Trinajstić information content (AvgIpc) is 3.08. The zero-order valence-corrected chi connectivity index (χ0v) is 29.5. The summed E-state index contributed by atoms with van der Waals surface area (Å²) in [6.45, 7) is 13.0. The molecule has 0 heterocycles. The van der Waals surface area contributed by atoms with E-state index in [0.29, 0.717) is 17.2 Å². The number of rotatable bonds is 8. The van der Waals surface area contributed by atoms with Crippen LogP contribution >= 0.6 is 0 Å². The fourth-order valence-electron chi connectivity index (χ4n) is 7.64. The number of ketones is 1. The van der Waals surface area contributed by atoms with Crippen molar-refractivity contribution in [3.63, 3.8) is 0 Å². The number of hydrogen-bond donors (Lipinski definition) is 1. The van der Waals surface area contributed by atoms with E-state index in [1.807, 2.05) is 31.4 Å². The van der Waals surface area contributed by atoms with Crippen molar-refractivity contribution in [3.8, 4) is 0 Å². The Kier molecular flexibility index (Phi) is 9.70. The minimum atomic E-state index is -0.126. The first-order valence-corrected chi connectivity index (χ1v) is 17.4. The number of ether oxygens (including phenoxy) is 1. The van der Waals surface area contributed by atoms with Crippen molar-refractivity contribution in [2.75, 3.05) is 12.0 Å². The predicted molar refractivity (Wildman–Crippen MR) is 198 cm³/mol. The Labute approximate surface area is 286 Å². The van der Waals surface area contributed by atoms with Gasteiger partial charge in [-0.25, -0.2) is 0 Å². The van der Waals surface area contributed by atoms with E-state index in [4.69, 9.17) is 4.74 Å². The van der Waals surface area contributed by atoms with Gasteiger partial charge in [0.15, 0.2) is 6.04 Å². The van der Waals surface area contributed by atoms with Crippen molar-refractivity contribution in [2.45, 2.75) is 91.8 Å². The van der Waals surface area contributed by atoms with Crippen LogP contribution in [0.5, 0.6) is 0 Å². The summed E-state index contributed by atoms with van der Waals surface area (Å²) in [5.41, 5.74) is 11.6. The van der Waals surface area contributed by atoms with E-state index in [1.54, 1.807) is 0 Å². The SMILES string of the molecule is CCC(C)N(c1ccc(C2=C(O)C(=C3C=CC(=[N+](c4ccc(C)cc4C)C4CCCCC4OC)C=C3)C2=O)cc1)c1ccc(C)cc1C. The van der Waals surface area contributed by atoms with Crippen molar-refractivity contribution in [2.24, 2.45) is 0 Å². The minimum Gasteiger partial charge on any atom is -0.506 e.